The fourth-order valence-electron chi connectivity index (χ4n) is 1.50. The van der Waals surface area contributed by atoms with Gasteiger partial charge in [-0.2, -0.15) is 0 Å². The molecule has 6 heteroatoms. The predicted octanol–water partition coefficient (Wildman–Crippen LogP) is 2.84. The Bertz CT molecular complexity index is 581. The second-order valence-electron chi connectivity index (χ2n) is 3.96. The summed E-state index contributed by atoms with van der Waals surface area (Å²) in [5, 5.41) is 20.0. The fourth-order valence-corrected chi connectivity index (χ4v) is 1.50. The van der Waals surface area contributed by atoms with Crippen LogP contribution < -0.4 is 4.74 Å². The molecule has 1 heterocycles. The number of pyridine rings is 1. The summed E-state index contributed by atoms with van der Waals surface area (Å²) in [6.45, 7) is 1.64. The number of nitrogens with zero attached hydrogens (tertiary/aromatic N) is 2. The van der Waals surface area contributed by atoms with Gasteiger partial charge in [0.25, 0.3) is 5.69 Å². The normalized spacial score (nSPS) is 11.9. The Morgan fingerprint density at radius 3 is 2.58 bits per heavy atom. The smallest absolute Gasteiger partial charge is 0.269 e. The molecule has 0 aliphatic rings. The van der Waals surface area contributed by atoms with E-state index in [-0.39, 0.29) is 5.69 Å². The van der Waals surface area contributed by atoms with Crippen molar-refractivity contribution in [2.24, 2.45) is 0 Å². The minimum atomic E-state index is -0.609. The molecular formula is C13H12N2O4. The maximum Gasteiger partial charge on any atom is 0.269 e. The molecule has 0 spiro atoms. The number of nitro groups is 1. The number of non-ortho nitro benzene ring substituents is 1. The second kappa shape index (κ2) is 5.45. The zero-order chi connectivity index (χ0) is 13.8. The molecule has 1 aromatic carbocycles. The van der Waals surface area contributed by atoms with Crippen LogP contribution in [0.3, 0.4) is 0 Å². The summed E-state index contributed by atoms with van der Waals surface area (Å²) in [5.74, 6) is 0.771. The maximum absolute atomic E-state index is 10.5. The van der Waals surface area contributed by atoms with Crippen molar-refractivity contribution in [3.05, 3.63) is 58.3 Å². The summed E-state index contributed by atoms with van der Waals surface area (Å²) in [6.07, 6.45) is 0.921. The zero-order valence-corrected chi connectivity index (χ0v) is 10.2. The molecule has 2 aromatic rings. The Kier molecular flexibility index (Phi) is 3.72. The SMILES string of the molecule is C[C@H](O)c1ccnc(Oc2ccc([N+](=O)[O-])cc2)c1. The molecule has 0 aliphatic carbocycles. The van der Waals surface area contributed by atoms with Crippen molar-refractivity contribution in [2.45, 2.75) is 13.0 Å². The van der Waals surface area contributed by atoms with Crippen LogP contribution in [0.4, 0.5) is 5.69 Å². The number of aliphatic hydroxyl groups excluding tert-OH is 1. The van der Waals surface area contributed by atoms with Gasteiger partial charge in [0.2, 0.25) is 5.88 Å². The first-order valence-corrected chi connectivity index (χ1v) is 5.62. The van der Waals surface area contributed by atoms with E-state index in [4.69, 9.17) is 4.74 Å². The summed E-state index contributed by atoms with van der Waals surface area (Å²) in [7, 11) is 0. The van der Waals surface area contributed by atoms with Crippen LogP contribution >= 0.6 is 0 Å². The number of aliphatic hydroxyl groups is 1. The van der Waals surface area contributed by atoms with Crippen molar-refractivity contribution in [1.29, 1.82) is 0 Å². The second-order valence-corrected chi connectivity index (χ2v) is 3.96. The number of hydrogen-bond acceptors (Lipinski definition) is 5. The van der Waals surface area contributed by atoms with Gasteiger partial charge >= 0.3 is 0 Å². The van der Waals surface area contributed by atoms with Crippen molar-refractivity contribution in [3.63, 3.8) is 0 Å². The van der Waals surface area contributed by atoms with Crippen LogP contribution in [0.2, 0.25) is 0 Å². The van der Waals surface area contributed by atoms with Crippen molar-refractivity contribution >= 4 is 5.69 Å². The summed E-state index contributed by atoms with van der Waals surface area (Å²) < 4.78 is 5.46. The average Bonchev–Trinajstić information content (AvgIpc) is 2.39. The molecule has 0 aliphatic heterocycles. The van der Waals surface area contributed by atoms with Crippen LogP contribution in [-0.4, -0.2) is 15.0 Å². The van der Waals surface area contributed by atoms with Crippen molar-refractivity contribution in [2.75, 3.05) is 0 Å². The molecule has 6 nitrogen and oxygen atoms in total. The Hall–Kier alpha value is -2.47. The van der Waals surface area contributed by atoms with Crippen LogP contribution in [0.15, 0.2) is 42.6 Å². The lowest BCUT2D eigenvalue weighted by molar-refractivity contribution is -0.384. The largest absolute Gasteiger partial charge is 0.439 e. The van der Waals surface area contributed by atoms with E-state index < -0.39 is 11.0 Å². The third-order valence-electron chi connectivity index (χ3n) is 2.51. The van der Waals surface area contributed by atoms with Crippen molar-refractivity contribution in [1.82, 2.24) is 4.98 Å². The molecule has 0 saturated carbocycles. The van der Waals surface area contributed by atoms with Crippen LogP contribution in [0.1, 0.15) is 18.6 Å². The summed E-state index contributed by atoms with van der Waals surface area (Å²) in [5.41, 5.74) is 0.685. The lowest BCUT2D eigenvalue weighted by Gasteiger charge is -2.07. The topological polar surface area (TPSA) is 85.5 Å². The van der Waals surface area contributed by atoms with E-state index in [2.05, 4.69) is 4.98 Å². The van der Waals surface area contributed by atoms with Gasteiger partial charge in [-0.25, -0.2) is 4.98 Å². The van der Waals surface area contributed by atoms with E-state index in [1.54, 1.807) is 19.1 Å². The highest BCUT2D eigenvalue weighted by atomic mass is 16.6. The van der Waals surface area contributed by atoms with Gasteiger partial charge in [0.15, 0.2) is 0 Å². The Morgan fingerprint density at radius 2 is 2.00 bits per heavy atom. The van der Waals surface area contributed by atoms with Gasteiger partial charge in [0, 0.05) is 24.4 Å². The summed E-state index contributed by atoms with van der Waals surface area (Å²) in [4.78, 5) is 14.0. The van der Waals surface area contributed by atoms with Crippen molar-refractivity contribution in [3.8, 4) is 11.6 Å². The van der Waals surface area contributed by atoms with Crippen molar-refractivity contribution < 1.29 is 14.8 Å². The van der Waals surface area contributed by atoms with Gasteiger partial charge in [-0.1, -0.05) is 0 Å². The lowest BCUT2D eigenvalue weighted by atomic mass is 10.2. The third-order valence-corrected chi connectivity index (χ3v) is 2.51. The molecule has 0 amide bonds. The molecule has 1 aromatic heterocycles. The number of aromatic nitrogens is 1. The third kappa shape index (κ3) is 3.26. The highest BCUT2D eigenvalue weighted by Crippen LogP contribution is 2.24. The van der Waals surface area contributed by atoms with E-state index in [0.29, 0.717) is 17.2 Å². The predicted molar refractivity (Wildman–Crippen MR) is 68.0 cm³/mol. The van der Waals surface area contributed by atoms with Gasteiger partial charge < -0.3 is 9.84 Å². The highest BCUT2D eigenvalue weighted by Gasteiger charge is 2.07. The Morgan fingerprint density at radius 1 is 1.32 bits per heavy atom. The zero-order valence-electron chi connectivity index (χ0n) is 10.2. The van der Waals surface area contributed by atoms with E-state index in [1.807, 2.05) is 0 Å². The quantitative estimate of drug-likeness (QED) is 0.674. The molecule has 0 bridgehead atoms. The number of benzene rings is 1. The molecule has 19 heavy (non-hydrogen) atoms. The van der Waals surface area contributed by atoms with Crippen LogP contribution in [0, 0.1) is 10.1 Å². The fraction of sp³-hybridized carbons (Fsp3) is 0.154. The number of rotatable bonds is 4. The summed E-state index contributed by atoms with van der Waals surface area (Å²) in [6, 6.07) is 9.00. The Balaban J connectivity index is 2.16. The first-order chi connectivity index (χ1) is 9.06. The Labute approximate surface area is 109 Å². The first-order valence-electron chi connectivity index (χ1n) is 5.62. The van der Waals surface area contributed by atoms with Crippen LogP contribution in [0.5, 0.6) is 11.6 Å². The molecular weight excluding hydrogens is 248 g/mol. The maximum atomic E-state index is 10.5. The molecule has 0 radical (unpaired) electrons. The number of nitro benzene ring substituents is 1. The van der Waals surface area contributed by atoms with Gasteiger partial charge in [-0.05, 0) is 30.7 Å². The minimum Gasteiger partial charge on any atom is -0.439 e. The lowest BCUT2D eigenvalue weighted by Crippen LogP contribution is -1.94. The molecule has 98 valence electrons. The molecule has 1 N–H and O–H groups in total. The summed E-state index contributed by atoms with van der Waals surface area (Å²) >= 11 is 0. The number of ether oxygens (including phenoxy) is 1. The van der Waals surface area contributed by atoms with E-state index in [1.165, 1.54) is 30.5 Å². The average molecular weight is 260 g/mol. The van der Waals surface area contributed by atoms with Crippen LogP contribution in [-0.2, 0) is 0 Å². The molecule has 0 fully saturated rings. The van der Waals surface area contributed by atoms with Crippen LogP contribution in [0.25, 0.3) is 0 Å². The minimum absolute atomic E-state index is 0.00181. The number of hydrogen-bond donors (Lipinski definition) is 1. The van der Waals surface area contributed by atoms with E-state index >= 15 is 0 Å². The van der Waals surface area contributed by atoms with E-state index in [0.717, 1.165) is 0 Å². The first kappa shape index (κ1) is 13.0. The van der Waals surface area contributed by atoms with Gasteiger partial charge in [-0.15, -0.1) is 0 Å². The van der Waals surface area contributed by atoms with E-state index in [9.17, 15) is 15.2 Å². The molecule has 1 atom stereocenters. The molecule has 0 saturated heterocycles. The monoisotopic (exact) mass is 260 g/mol. The standard InChI is InChI=1S/C13H12N2O4/c1-9(16)10-6-7-14-13(8-10)19-12-4-2-11(3-5-12)15(17)18/h2-9,16H,1H3/t9-/m0/s1. The molecule has 0 unspecified atom stereocenters. The van der Waals surface area contributed by atoms with Gasteiger partial charge in [0.05, 0.1) is 11.0 Å². The molecule has 2 rings (SSSR count). The highest BCUT2D eigenvalue weighted by molar-refractivity contribution is 5.37. The van der Waals surface area contributed by atoms with Gasteiger partial charge in [0.1, 0.15) is 5.75 Å². The van der Waals surface area contributed by atoms with Gasteiger partial charge in [-0.3, -0.25) is 10.1 Å².